The van der Waals surface area contributed by atoms with Gasteiger partial charge in [-0.25, -0.2) is 15.1 Å². The Bertz CT molecular complexity index is 1430. The molecule has 192 valence electrons. The molecule has 0 radical (unpaired) electrons. The lowest BCUT2D eigenvalue weighted by Gasteiger charge is -2.29. The van der Waals surface area contributed by atoms with Crippen molar-refractivity contribution in [1.82, 2.24) is 10.7 Å². The fourth-order valence-corrected chi connectivity index (χ4v) is 3.61. The number of hydrogen-bond acceptors (Lipinski definition) is 7. The zero-order valence-corrected chi connectivity index (χ0v) is 20.4. The molecule has 0 spiro atoms. The average molecular weight is 514 g/mol. The molecule has 3 aromatic carbocycles. The normalized spacial score (nSPS) is 15.3. The maximum Gasteiger partial charge on any atom is 0.335 e. The molecule has 1 aliphatic heterocycles. The van der Waals surface area contributed by atoms with Crippen molar-refractivity contribution in [2.24, 2.45) is 11.0 Å². The van der Waals surface area contributed by atoms with E-state index in [1.165, 1.54) is 25.3 Å². The number of aryl methyl sites for hydroxylation is 1. The van der Waals surface area contributed by atoms with E-state index >= 15 is 0 Å². The molecular formula is C27H23N5O6. The molecule has 1 aliphatic rings. The van der Waals surface area contributed by atoms with Crippen molar-refractivity contribution in [2.45, 2.75) is 6.92 Å². The molecule has 0 aliphatic carbocycles. The first-order valence-electron chi connectivity index (χ1n) is 11.4. The number of nitrogens with one attached hydrogen (secondary N) is 3. The van der Waals surface area contributed by atoms with Crippen LogP contribution in [0, 0.1) is 12.8 Å². The Hall–Kier alpha value is -5.32. The summed E-state index contributed by atoms with van der Waals surface area (Å²) in [5.41, 5.74) is 4.65. The molecular weight excluding hydrogens is 490 g/mol. The average Bonchev–Trinajstić information content (AvgIpc) is 2.91. The van der Waals surface area contributed by atoms with Crippen LogP contribution in [0.5, 0.6) is 5.75 Å². The van der Waals surface area contributed by atoms with Gasteiger partial charge in [0.1, 0.15) is 5.75 Å². The largest absolute Gasteiger partial charge is 0.495 e. The molecule has 11 heteroatoms. The van der Waals surface area contributed by atoms with Crippen molar-refractivity contribution in [3.05, 3.63) is 89.5 Å². The van der Waals surface area contributed by atoms with Crippen LogP contribution in [-0.4, -0.2) is 43.0 Å². The zero-order valence-electron chi connectivity index (χ0n) is 20.4. The first-order valence-corrected chi connectivity index (χ1v) is 11.4. The van der Waals surface area contributed by atoms with Crippen LogP contribution >= 0.6 is 0 Å². The number of ether oxygens (including phenoxy) is 1. The highest BCUT2D eigenvalue weighted by atomic mass is 16.5. The molecule has 1 fully saturated rings. The van der Waals surface area contributed by atoms with Gasteiger partial charge in [-0.2, -0.15) is 5.10 Å². The molecule has 1 saturated heterocycles. The molecule has 0 bridgehead atoms. The van der Waals surface area contributed by atoms with Crippen LogP contribution in [0.2, 0.25) is 0 Å². The maximum atomic E-state index is 13.0. The van der Waals surface area contributed by atoms with E-state index in [0.29, 0.717) is 11.3 Å². The van der Waals surface area contributed by atoms with Crippen molar-refractivity contribution >= 4 is 47.2 Å². The van der Waals surface area contributed by atoms with Crippen molar-refractivity contribution in [1.29, 1.82) is 0 Å². The van der Waals surface area contributed by atoms with E-state index in [0.717, 1.165) is 16.7 Å². The Labute approximate surface area is 217 Å². The van der Waals surface area contributed by atoms with E-state index in [4.69, 9.17) is 4.74 Å². The highest BCUT2D eigenvalue weighted by Gasteiger charge is 2.41. The number of para-hydroxylation sites is 2. The van der Waals surface area contributed by atoms with E-state index in [9.17, 15) is 24.0 Å². The lowest BCUT2D eigenvalue weighted by molar-refractivity contribution is -0.131. The molecule has 3 N–H and O–H groups in total. The maximum absolute atomic E-state index is 13.0. The van der Waals surface area contributed by atoms with Gasteiger partial charge in [0.2, 0.25) is 5.91 Å². The third-order valence-corrected chi connectivity index (χ3v) is 5.64. The molecule has 0 unspecified atom stereocenters. The Morgan fingerprint density at radius 1 is 0.921 bits per heavy atom. The lowest BCUT2D eigenvalue weighted by Crippen LogP contribution is -2.58. The van der Waals surface area contributed by atoms with Crippen LogP contribution in [0.3, 0.4) is 0 Å². The fraction of sp³-hybridized carbons (Fsp3) is 0.111. The Balaban J connectivity index is 1.39. The van der Waals surface area contributed by atoms with Gasteiger partial charge >= 0.3 is 6.03 Å². The summed E-state index contributed by atoms with van der Waals surface area (Å²) in [6.07, 6.45) is 0.945. The summed E-state index contributed by atoms with van der Waals surface area (Å²) in [5.74, 6) is -3.83. The van der Waals surface area contributed by atoms with Crippen molar-refractivity contribution in [3.63, 3.8) is 0 Å². The van der Waals surface area contributed by atoms with E-state index in [1.54, 1.807) is 42.5 Å². The third-order valence-electron chi connectivity index (χ3n) is 5.64. The van der Waals surface area contributed by atoms with Gasteiger partial charge in [0, 0.05) is 23.0 Å². The first kappa shape index (κ1) is 25.8. The van der Waals surface area contributed by atoms with Crippen LogP contribution in [0.4, 0.5) is 16.2 Å². The number of benzene rings is 3. The van der Waals surface area contributed by atoms with Crippen molar-refractivity contribution in [2.75, 3.05) is 17.3 Å². The standard InChI is InChI=1S/C27H23N5O6/c1-16-7-9-17(10-8-16)23(33)29-19-13-11-18(12-14-19)24(34)31-28-15-20-25(35)30-27(37)32(26(20)36)21-5-3-4-6-22(21)38-2/h3-15,20H,1-2H3,(H,29,33)(H,31,34)(H,30,35,37)/b28-15-/t20-/m0/s1. The lowest BCUT2D eigenvalue weighted by atomic mass is 10.1. The van der Waals surface area contributed by atoms with Crippen molar-refractivity contribution in [3.8, 4) is 5.75 Å². The summed E-state index contributed by atoms with van der Waals surface area (Å²) in [7, 11) is 1.38. The second-order valence-electron chi connectivity index (χ2n) is 8.23. The molecule has 1 atom stereocenters. The van der Waals surface area contributed by atoms with Crippen LogP contribution in [0.25, 0.3) is 0 Å². The summed E-state index contributed by atoms with van der Waals surface area (Å²) in [6.45, 7) is 1.93. The van der Waals surface area contributed by atoms with E-state index in [1.807, 2.05) is 19.1 Å². The minimum absolute atomic E-state index is 0.155. The number of carbonyl (C=O) groups is 5. The molecule has 11 nitrogen and oxygen atoms in total. The minimum Gasteiger partial charge on any atom is -0.495 e. The summed E-state index contributed by atoms with van der Waals surface area (Å²) in [4.78, 5) is 63.2. The van der Waals surface area contributed by atoms with Crippen LogP contribution < -0.4 is 25.7 Å². The highest BCUT2D eigenvalue weighted by molar-refractivity contribution is 6.33. The fourth-order valence-electron chi connectivity index (χ4n) is 3.61. The van der Waals surface area contributed by atoms with Gasteiger partial charge in [0.15, 0.2) is 5.92 Å². The quantitative estimate of drug-likeness (QED) is 0.252. The van der Waals surface area contributed by atoms with Gasteiger partial charge in [-0.05, 0) is 55.5 Å². The number of urea groups is 1. The van der Waals surface area contributed by atoms with Gasteiger partial charge in [0.25, 0.3) is 17.7 Å². The molecule has 0 saturated carbocycles. The molecule has 4 rings (SSSR count). The number of barbiturate groups is 1. The topological polar surface area (TPSA) is 146 Å². The molecule has 1 heterocycles. The van der Waals surface area contributed by atoms with Crippen LogP contribution in [0.1, 0.15) is 26.3 Å². The predicted octanol–water partition coefficient (Wildman–Crippen LogP) is 2.87. The monoisotopic (exact) mass is 513 g/mol. The van der Waals surface area contributed by atoms with Gasteiger partial charge in [-0.15, -0.1) is 0 Å². The smallest absolute Gasteiger partial charge is 0.335 e. The van der Waals surface area contributed by atoms with E-state index in [-0.39, 0.29) is 22.9 Å². The van der Waals surface area contributed by atoms with Gasteiger partial charge < -0.3 is 10.1 Å². The van der Waals surface area contributed by atoms with Crippen LogP contribution in [0.15, 0.2) is 77.9 Å². The van der Waals surface area contributed by atoms with Gasteiger partial charge in [-0.1, -0.05) is 29.8 Å². The zero-order chi connectivity index (χ0) is 27.2. The number of methoxy groups -OCH3 is 1. The highest BCUT2D eigenvalue weighted by Crippen LogP contribution is 2.30. The molecule has 3 aromatic rings. The number of carbonyl (C=O) groups excluding carboxylic acids is 5. The van der Waals surface area contributed by atoms with Crippen molar-refractivity contribution < 1.29 is 28.7 Å². The second kappa shape index (κ2) is 11.2. The molecule has 38 heavy (non-hydrogen) atoms. The number of nitrogens with zero attached hydrogens (tertiary/aromatic N) is 2. The summed E-state index contributed by atoms with van der Waals surface area (Å²) < 4.78 is 5.20. The third kappa shape index (κ3) is 5.57. The number of hydrazone groups is 1. The van der Waals surface area contributed by atoms with E-state index < -0.39 is 29.7 Å². The number of amides is 6. The molecule has 0 aromatic heterocycles. The Morgan fingerprint density at radius 2 is 1.55 bits per heavy atom. The summed E-state index contributed by atoms with van der Waals surface area (Å²) >= 11 is 0. The van der Waals surface area contributed by atoms with Crippen LogP contribution in [-0.2, 0) is 9.59 Å². The number of anilines is 2. The second-order valence-corrected chi connectivity index (χ2v) is 8.23. The minimum atomic E-state index is -1.46. The Morgan fingerprint density at radius 3 is 2.24 bits per heavy atom. The summed E-state index contributed by atoms with van der Waals surface area (Å²) in [6, 6.07) is 18.6. The Kier molecular flexibility index (Phi) is 7.57. The molecule has 6 amide bonds. The first-order chi connectivity index (χ1) is 18.3. The van der Waals surface area contributed by atoms with Gasteiger partial charge in [0.05, 0.1) is 12.8 Å². The predicted molar refractivity (Wildman–Crippen MR) is 139 cm³/mol. The number of imide groups is 2. The van der Waals surface area contributed by atoms with Gasteiger partial charge in [-0.3, -0.25) is 24.5 Å². The number of rotatable bonds is 7. The van der Waals surface area contributed by atoms with E-state index in [2.05, 4.69) is 21.2 Å². The summed E-state index contributed by atoms with van der Waals surface area (Å²) in [5, 5.41) is 8.59. The number of hydrogen-bond donors (Lipinski definition) is 3. The SMILES string of the molecule is COc1ccccc1N1C(=O)NC(=O)[C@H](/C=N\NC(=O)c2ccc(NC(=O)c3ccc(C)cc3)cc2)C1=O.